The highest BCUT2D eigenvalue weighted by molar-refractivity contribution is 6.69. The Bertz CT molecular complexity index is 783. The lowest BCUT2D eigenvalue weighted by molar-refractivity contribution is 0.0851. The molecule has 126 valence electrons. The number of benzene rings is 1. The van der Waals surface area contributed by atoms with Crippen molar-refractivity contribution in [3.8, 4) is 0 Å². The van der Waals surface area contributed by atoms with Crippen LogP contribution < -0.4 is 0 Å². The van der Waals surface area contributed by atoms with Crippen LogP contribution in [0.2, 0.25) is 13.1 Å². The summed E-state index contributed by atoms with van der Waals surface area (Å²) in [5, 5.41) is 1.95. The highest BCUT2D eigenvalue weighted by Crippen LogP contribution is 2.59. The van der Waals surface area contributed by atoms with Gasteiger partial charge in [0.25, 0.3) is 0 Å². The predicted molar refractivity (Wildman–Crippen MR) is 101 cm³/mol. The van der Waals surface area contributed by atoms with Crippen LogP contribution in [0.3, 0.4) is 0 Å². The fourth-order valence-corrected chi connectivity index (χ4v) is 8.90. The summed E-state index contributed by atoms with van der Waals surface area (Å²) >= 11 is 0. The van der Waals surface area contributed by atoms with Gasteiger partial charge in [-0.15, -0.1) is 0 Å². The van der Waals surface area contributed by atoms with Crippen LogP contribution in [0.5, 0.6) is 0 Å². The van der Waals surface area contributed by atoms with Crippen LogP contribution in [-0.4, -0.2) is 13.6 Å². The normalized spacial score (nSPS) is 36.1. The molecule has 0 amide bonds. The second kappa shape index (κ2) is 5.24. The molecule has 0 spiro atoms. The third kappa shape index (κ3) is 2.05. The number of rotatable bonds is 1. The summed E-state index contributed by atoms with van der Waals surface area (Å²) in [5.41, 5.74) is 5.03. The maximum atomic E-state index is 14.3. The van der Waals surface area contributed by atoms with Gasteiger partial charge in [-0.2, -0.15) is 0 Å². The van der Waals surface area contributed by atoms with Crippen molar-refractivity contribution in [2.24, 2.45) is 23.7 Å². The minimum atomic E-state index is -0.340. The minimum Gasteiger partial charge on any atom is -0.207 e. The average molecular weight is 339 g/mol. The van der Waals surface area contributed by atoms with Crippen molar-refractivity contribution in [1.29, 1.82) is 0 Å². The molecule has 0 aromatic heterocycles. The van der Waals surface area contributed by atoms with Gasteiger partial charge in [-0.3, -0.25) is 0 Å². The quantitative estimate of drug-likeness (QED) is 0.598. The first-order valence-corrected chi connectivity index (χ1v) is 12.2. The first-order valence-electron chi connectivity index (χ1n) is 9.68. The Kier molecular flexibility index (Phi) is 3.33. The van der Waals surface area contributed by atoms with E-state index in [1.165, 1.54) is 42.4 Å². The van der Waals surface area contributed by atoms with E-state index in [-0.39, 0.29) is 14.2 Å². The van der Waals surface area contributed by atoms with E-state index < -0.39 is 0 Å². The highest BCUT2D eigenvalue weighted by Gasteiger charge is 2.51. The summed E-state index contributed by atoms with van der Waals surface area (Å²) < 4.78 is 14.3. The number of allylic oxidation sites excluding steroid dienone is 1. The molecule has 4 bridgehead atoms. The Morgan fingerprint density at radius 3 is 2.71 bits per heavy atom. The molecule has 4 fully saturated rings. The molecule has 0 heterocycles. The van der Waals surface area contributed by atoms with E-state index in [4.69, 9.17) is 0 Å². The standard InChI is InChI=1S/C22H27FSi/c1-12-6-17-16(4-5-20(23)18(17)7-12)21-14-8-13-9-15(11-14)22(24(2)3)19(21)10-13/h4-6,13-15,19,21H,7-11H2,1-3H3. The van der Waals surface area contributed by atoms with Crippen molar-refractivity contribution in [2.45, 2.75) is 58.0 Å². The number of hydrogen-bond acceptors (Lipinski definition) is 0. The molecular formula is C22H27FSi. The van der Waals surface area contributed by atoms with Crippen LogP contribution in [0.4, 0.5) is 4.39 Å². The van der Waals surface area contributed by atoms with Crippen LogP contribution >= 0.6 is 0 Å². The first kappa shape index (κ1) is 15.2. The molecule has 0 nitrogen and oxygen atoms in total. The predicted octanol–water partition coefficient (Wildman–Crippen LogP) is 5.44. The van der Waals surface area contributed by atoms with Gasteiger partial charge < -0.3 is 0 Å². The average Bonchev–Trinajstić information content (AvgIpc) is 2.90. The number of fused-ring (bicyclic) bond motifs is 1. The van der Waals surface area contributed by atoms with Crippen molar-refractivity contribution in [2.75, 3.05) is 0 Å². The SMILES string of the molecule is CC1=Cc2c(C3C4CC5CC(C4)C(=[Si](C)C)C3C5)ccc(F)c2C1. The zero-order valence-corrected chi connectivity index (χ0v) is 16.0. The molecule has 0 aliphatic heterocycles. The van der Waals surface area contributed by atoms with Gasteiger partial charge in [0.1, 0.15) is 5.82 Å². The number of hydrogen-bond donors (Lipinski definition) is 0. The molecule has 0 saturated heterocycles. The maximum absolute atomic E-state index is 14.3. The van der Waals surface area contributed by atoms with E-state index >= 15 is 0 Å². The van der Waals surface area contributed by atoms with Crippen LogP contribution in [0, 0.1) is 29.5 Å². The summed E-state index contributed by atoms with van der Waals surface area (Å²) in [6, 6.07) is 3.90. The van der Waals surface area contributed by atoms with Gasteiger partial charge in [0.15, 0.2) is 0 Å². The topological polar surface area (TPSA) is 0 Å². The Morgan fingerprint density at radius 2 is 1.92 bits per heavy atom. The number of halogens is 1. The van der Waals surface area contributed by atoms with E-state index in [9.17, 15) is 4.39 Å². The molecule has 24 heavy (non-hydrogen) atoms. The summed E-state index contributed by atoms with van der Waals surface area (Å²) in [5.74, 6) is 4.23. The zero-order chi connectivity index (χ0) is 16.6. The van der Waals surface area contributed by atoms with Gasteiger partial charge in [-0.25, -0.2) is 4.39 Å². The molecular weight excluding hydrogens is 311 g/mol. The van der Waals surface area contributed by atoms with Crippen molar-refractivity contribution in [3.05, 3.63) is 40.2 Å². The van der Waals surface area contributed by atoms with E-state index in [1.54, 1.807) is 6.07 Å². The third-order valence-electron chi connectivity index (χ3n) is 7.33. The second-order valence-electron chi connectivity index (χ2n) is 9.05. The fourth-order valence-electron chi connectivity index (χ4n) is 6.80. The van der Waals surface area contributed by atoms with Crippen LogP contribution in [0.25, 0.3) is 6.08 Å². The minimum absolute atomic E-state index is 0.00519. The lowest BCUT2D eigenvalue weighted by atomic mass is 9.50. The van der Waals surface area contributed by atoms with Gasteiger partial charge in [0, 0.05) is 8.41 Å². The van der Waals surface area contributed by atoms with Crippen molar-refractivity contribution < 1.29 is 4.39 Å². The summed E-state index contributed by atoms with van der Waals surface area (Å²) in [4.78, 5) is 0. The maximum Gasteiger partial charge on any atom is 0.127 e. The smallest absolute Gasteiger partial charge is 0.127 e. The molecule has 0 N–H and O–H groups in total. The molecule has 1 aromatic carbocycles. The molecule has 2 heteroatoms. The first-order chi connectivity index (χ1) is 11.5. The molecule has 5 aliphatic rings. The van der Waals surface area contributed by atoms with Gasteiger partial charge in [-0.05, 0) is 91.4 Å². The summed E-state index contributed by atoms with van der Waals surface area (Å²) in [6.07, 6.45) is 8.83. The second-order valence-corrected chi connectivity index (χ2v) is 11.6. The van der Waals surface area contributed by atoms with Crippen molar-refractivity contribution >= 4 is 19.7 Å². The van der Waals surface area contributed by atoms with E-state index in [0.29, 0.717) is 5.92 Å². The monoisotopic (exact) mass is 338 g/mol. The summed E-state index contributed by atoms with van der Waals surface area (Å²) in [6.45, 7) is 7.15. The Balaban J connectivity index is 1.66. The lowest BCUT2D eigenvalue weighted by Crippen LogP contribution is -2.52. The van der Waals surface area contributed by atoms with Crippen LogP contribution in [0.15, 0.2) is 17.7 Å². The van der Waals surface area contributed by atoms with Gasteiger partial charge in [-0.1, -0.05) is 36.0 Å². The molecule has 5 atom stereocenters. The Labute approximate surface area is 146 Å². The highest BCUT2D eigenvalue weighted by atomic mass is 28.2. The van der Waals surface area contributed by atoms with E-state index in [1.807, 2.05) is 5.17 Å². The third-order valence-corrected chi connectivity index (χ3v) is 9.26. The molecule has 5 unspecified atom stereocenters. The van der Waals surface area contributed by atoms with Gasteiger partial charge in [0.05, 0.1) is 0 Å². The molecule has 4 saturated carbocycles. The largest absolute Gasteiger partial charge is 0.207 e. The van der Waals surface area contributed by atoms with E-state index in [2.05, 4.69) is 32.2 Å². The fraction of sp³-hybridized carbons (Fsp3) is 0.591. The van der Waals surface area contributed by atoms with Gasteiger partial charge in [0.2, 0.25) is 0 Å². The lowest BCUT2D eigenvalue weighted by Gasteiger charge is -2.57. The molecule has 6 rings (SSSR count). The molecule has 1 aromatic rings. The summed E-state index contributed by atoms with van der Waals surface area (Å²) in [7, 11) is -0.340. The molecule has 0 radical (unpaired) electrons. The van der Waals surface area contributed by atoms with Crippen molar-refractivity contribution in [3.63, 3.8) is 0 Å². The van der Waals surface area contributed by atoms with Crippen molar-refractivity contribution in [1.82, 2.24) is 0 Å². The Morgan fingerprint density at radius 1 is 1.08 bits per heavy atom. The Hall–Kier alpha value is -1.02. The molecule has 5 aliphatic carbocycles. The van der Waals surface area contributed by atoms with Gasteiger partial charge >= 0.3 is 0 Å². The van der Waals surface area contributed by atoms with Crippen LogP contribution in [-0.2, 0) is 6.42 Å². The van der Waals surface area contributed by atoms with Crippen LogP contribution in [0.1, 0.15) is 55.2 Å². The van der Waals surface area contributed by atoms with E-state index in [0.717, 1.165) is 35.7 Å². The zero-order valence-electron chi connectivity index (χ0n) is 15.0.